The van der Waals surface area contributed by atoms with Gasteiger partial charge in [0, 0.05) is 28.7 Å². The Bertz CT molecular complexity index is 1530. The van der Waals surface area contributed by atoms with E-state index in [1.807, 2.05) is 31.2 Å². The number of carbonyl (C=O) groups excluding carboxylic acids is 1. The van der Waals surface area contributed by atoms with Crippen LogP contribution in [0.15, 0.2) is 97.1 Å². The molecule has 0 fully saturated rings. The van der Waals surface area contributed by atoms with Crippen molar-refractivity contribution in [3.8, 4) is 11.1 Å². The van der Waals surface area contributed by atoms with E-state index in [1.165, 1.54) is 33.5 Å². The number of aryl methyl sites for hydroxylation is 2. The van der Waals surface area contributed by atoms with Crippen LogP contribution in [0.5, 0.6) is 0 Å². The van der Waals surface area contributed by atoms with Gasteiger partial charge in [-0.25, -0.2) is 0 Å². The van der Waals surface area contributed by atoms with Crippen LogP contribution in [0, 0.1) is 20.8 Å². The third-order valence-corrected chi connectivity index (χ3v) is 7.19. The molecule has 1 N–H and O–H groups in total. The van der Waals surface area contributed by atoms with Gasteiger partial charge in [0.2, 0.25) is 0 Å². The topological polar surface area (TPSA) is 34.0 Å². The predicted octanol–water partition coefficient (Wildman–Crippen LogP) is 7.77. The average Bonchev–Trinajstić information content (AvgIpc) is 3.14. The van der Waals surface area contributed by atoms with Crippen molar-refractivity contribution < 1.29 is 4.79 Å². The molecule has 0 aliphatic heterocycles. The SMILES string of the molecule is Cc1cccc([C@H](C)NC(=O)c2ccc3c(c2)c(C)c(C)n3Cc2ccc(-c3ccccc3)cc2)c1. The van der Waals surface area contributed by atoms with Crippen LogP contribution in [0.4, 0.5) is 0 Å². The first-order chi connectivity index (χ1) is 17.4. The summed E-state index contributed by atoms with van der Waals surface area (Å²) >= 11 is 0. The van der Waals surface area contributed by atoms with Crippen molar-refractivity contribution in [1.82, 2.24) is 9.88 Å². The second kappa shape index (κ2) is 9.87. The number of aromatic nitrogens is 1. The maximum absolute atomic E-state index is 13.1. The monoisotopic (exact) mass is 472 g/mol. The van der Waals surface area contributed by atoms with Gasteiger partial charge in [0.05, 0.1) is 6.04 Å². The maximum atomic E-state index is 13.1. The van der Waals surface area contributed by atoms with Gasteiger partial charge in [0.25, 0.3) is 5.91 Å². The first-order valence-electron chi connectivity index (χ1n) is 12.5. The Morgan fingerprint density at radius 2 is 1.53 bits per heavy atom. The molecule has 0 aliphatic carbocycles. The molecule has 0 unspecified atom stereocenters. The van der Waals surface area contributed by atoms with E-state index in [0.29, 0.717) is 5.56 Å². The molecular weight excluding hydrogens is 440 g/mol. The van der Waals surface area contributed by atoms with Gasteiger partial charge in [0.15, 0.2) is 0 Å². The Morgan fingerprint density at radius 3 is 2.25 bits per heavy atom. The largest absolute Gasteiger partial charge is 0.346 e. The standard InChI is InChI=1S/C33H32N2O/c1-22-9-8-12-29(19-22)24(3)34-33(36)30-17-18-32-31(20-30)23(2)25(4)35(32)21-26-13-15-28(16-14-26)27-10-6-5-7-11-27/h5-20,24H,21H2,1-4H3,(H,34,36)/t24-/m0/s1. The predicted molar refractivity (Wildman–Crippen MR) is 149 cm³/mol. The van der Waals surface area contributed by atoms with E-state index in [0.717, 1.165) is 23.0 Å². The fraction of sp³-hybridized carbons (Fsp3) is 0.182. The minimum absolute atomic E-state index is 0.0489. The van der Waals surface area contributed by atoms with Gasteiger partial charge in [-0.3, -0.25) is 4.79 Å². The quantitative estimate of drug-likeness (QED) is 0.269. The fourth-order valence-electron chi connectivity index (χ4n) is 4.91. The van der Waals surface area contributed by atoms with Crippen molar-refractivity contribution >= 4 is 16.8 Å². The second-order valence-corrected chi connectivity index (χ2v) is 9.70. The second-order valence-electron chi connectivity index (χ2n) is 9.70. The summed E-state index contributed by atoms with van der Waals surface area (Å²) in [4.78, 5) is 13.1. The maximum Gasteiger partial charge on any atom is 0.251 e. The molecule has 0 radical (unpaired) electrons. The molecule has 0 saturated heterocycles. The molecule has 3 nitrogen and oxygen atoms in total. The van der Waals surface area contributed by atoms with Crippen LogP contribution in [0.2, 0.25) is 0 Å². The molecule has 0 saturated carbocycles. The lowest BCUT2D eigenvalue weighted by atomic mass is 10.0. The van der Waals surface area contributed by atoms with Gasteiger partial charge in [-0.2, -0.15) is 0 Å². The molecule has 1 atom stereocenters. The Kier molecular flexibility index (Phi) is 6.47. The zero-order valence-electron chi connectivity index (χ0n) is 21.4. The van der Waals surface area contributed by atoms with Crippen molar-refractivity contribution in [1.29, 1.82) is 0 Å². The first-order valence-corrected chi connectivity index (χ1v) is 12.5. The van der Waals surface area contributed by atoms with Gasteiger partial charge < -0.3 is 9.88 Å². The van der Waals surface area contributed by atoms with E-state index in [2.05, 4.69) is 103 Å². The molecule has 180 valence electrons. The van der Waals surface area contributed by atoms with Crippen molar-refractivity contribution in [3.05, 3.63) is 131 Å². The van der Waals surface area contributed by atoms with E-state index < -0.39 is 0 Å². The summed E-state index contributed by atoms with van der Waals surface area (Å²) in [6.45, 7) is 9.19. The van der Waals surface area contributed by atoms with Crippen molar-refractivity contribution in [3.63, 3.8) is 0 Å². The number of fused-ring (bicyclic) bond motifs is 1. The van der Waals surface area contributed by atoms with Crippen LogP contribution in [0.1, 0.15) is 51.3 Å². The third-order valence-electron chi connectivity index (χ3n) is 7.19. The van der Waals surface area contributed by atoms with E-state index in [9.17, 15) is 4.79 Å². The smallest absolute Gasteiger partial charge is 0.251 e. The lowest BCUT2D eigenvalue weighted by molar-refractivity contribution is 0.0940. The number of carbonyl (C=O) groups is 1. The molecule has 5 aromatic rings. The highest BCUT2D eigenvalue weighted by Crippen LogP contribution is 2.28. The molecular formula is C33H32N2O. The van der Waals surface area contributed by atoms with Gasteiger partial charge in [-0.1, -0.05) is 84.4 Å². The van der Waals surface area contributed by atoms with Gasteiger partial charge in [-0.15, -0.1) is 0 Å². The normalized spacial score (nSPS) is 12.0. The summed E-state index contributed by atoms with van der Waals surface area (Å²) in [6, 6.07) is 33.5. The summed E-state index contributed by atoms with van der Waals surface area (Å²) in [5, 5.41) is 4.29. The van der Waals surface area contributed by atoms with Crippen molar-refractivity contribution in [2.24, 2.45) is 0 Å². The van der Waals surface area contributed by atoms with Crippen LogP contribution in [-0.2, 0) is 6.54 Å². The Hall–Kier alpha value is -4.11. The first kappa shape index (κ1) is 23.6. The average molecular weight is 473 g/mol. The van der Waals surface area contributed by atoms with E-state index >= 15 is 0 Å². The molecule has 3 heteroatoms. The third kappa shape index (κ3) is 4.70. The van der Waals surface area contributed by atoms with Gasteiger partial charge in [-0.05, 0) is 73.7 Å². The zero-order chi connectivity index (χ0) is 25.2. The summed E-state index contributed by atoms with van der Waals surface area (Å²) in [7, 11) is 0. The summed E-state index contributed by atoms with van der Waals surface area (Å²) < 4.78 is 2.35. The minimum atomic E-state index is -0.0561. The summed E-state index contributed by atoms with van der Waals surface area (Å²) in [5.41, 5.74) is 10.3. The van der Waals surface area contributed by atoms with Gasteiger partial charge >= 0.3 is 0 Å². The van der Waals surface area contributed by atoms with Crippen LogP contribution in [0.3, 0.4) is 0 Å². The number of hydrogen-bond donors (Lipinski definition) is 1. The Morgan fingerprint density at radius 1 is 0.806 bits per heavy atom. The summed E-state index contributed by atoms with van der Waals surface area (Å²) in [6.07, 6.45) is 0. The Labute approximate surface area is 213 Å². The van der Waals surface area contributed by atoms with Crippen LogP contribution >= 0.6 is 0 Å². The molecule has 36 heavy (non-hydrogen) atoms. The van der Waals surface area contributed by atoms with Crippen LogP contribution in [-0.4, -0.2) is 10.5 Å². The number of nitrogens with zero attached hydrogens (tertiary/aromatic N) is 1. The van der Waals surface area contributed by atoms with Crippen molar-refractivity contribution in [2.75, 3.05) is 0 Å². The van der Waals surface area contributed by atoms with E-state index in [1.54, 1.807) is 0 Å². The molecule has 0 bridgehead atoms. The number of amides is 1. The molecule has 4 aromatic carbocycles. The van der Waals surface area contributed by atoms with E-state index in [-0.39, 0.29) is 11.9 Å². The van der Waals surface area contributed by atoms with Crippen LogP contribution in [0.25, 0.3) is 22.0 Å². The summed E-state index contributed by atoms with van der Waals surface area (Å²) in [5.74, 6) is -0.0489. The van der Waals surface area contributed by atoms with Gasteiger partial charge in [0.1, 0.15) is 0 Å². The molecule has 0 aliphatic rings. The molecule has 0 spiro atoms. The highest BCUT2D eigenvalue weighted by molar-refractivity contribution is 5.99. The Balaban J connectivity index is 1.38. The number of rotatable bonds is 6. The minimum Gasteiger partial charge on any atom is -0.346 e. The number of benzene rings is 4. The van der Waals surface area contributed by atoms with E-state index in [4.69, 9.17) is 0 Å². The van der Waals surface area contributed by atoms with Crippen LogP contribution < -0.4 is 5.32 Å². The number of hydrogen-bond acceptors (Lipinski definition) is 1. The zero-order valence-corrected chi connectivity index (χ0v) is 21.4. The lowest BCUT2D eigenvalue weighted by Gasteiger charge is -2.15. The lowest BCUT2D eigenvalue weighted by Crippen LogP contribution is -2.26. The highest BCUT2D eigenvalue weighted by Gasteiger charge is 2.16. The molecule has 1 amide bonds. The fourth-order valence-corrected chi connectivity index (χ4v) is 4.91. The van der Waals surface area contributed by atoms with Crippen molar-refractivity contribution in [2.45, 2.75) is 40.3 Å². The molecule has 5 rings (SSSR count). The molecule has 1 aromatic heterocycles. The highest BCUT2D eigenvalue weighted by atomic mass is 16.1. The molecule has 1 heterocycles. The number of nitrogens with one attached hydrogen (secondary N) is 1.